The van der Waals surface area contributed by atoms with Crippen LogP contribution in [0.25, 0.3) is 22.5 Å². The molecular formula is C42H49ClN8O5. The molecule has 0 spiro atoms. The Balaban J connectivity index is 0.941. The van der Waals surface area contributed by atoms with Crippen LogP contribution in [-0.4, -0.2) is 80.1 Å². The Kier molecular flexibility index (Phi) is 10.4. The number of carboxylic acids is 1. The number of rotatable bonds is 13. The highest BCUT2D eigenvalue weighted by Gasteiger charge is 2.57. The molecule has 2 aliphatic heterocycles. The van der Waals surface area contributed by atoms with Gasteiger partial charge in [0.05, 0.1) is 34.6 Å². The van der Waals surface area contributed by atoms with Crippen molar-refractivity contribution < 1.29 is 24.2 Å². The molecule has 0 radical (unpaired) electrons. The number of anilines is 1. The van der Waals surface area contributed by atoms with Crippen molar-refractivity contribution in [2.75, 3.05) is 32.1 Å². The zero-order chi connectivity index (χ0) is 39.2. The maximum atomic E-state index is 13.8. The number of carbonyl (C=O) groups excluding carboxylic acids is 2. The number of carboxylic acid groups (broad SMARTS) is 1. The second kappa shape index (κ2) is 15.2. The molecule has 2 bridgehead atoms. The predicted molar refractivity (Wildman–Crippen MR) is 212 cm³/mol. The summed E-state index contributed by atoms with van der Waals surface area (Å²) in [5.41, 5.74) is 6.66. The van der Waals surface area contributed by atoms with Crippen LogP contribution in [-0.2, 0) is 36.1 Å². The Labute approximate surface area is 331 Å². The zero-order valence-corrected chi connectivity index (χ0v) is 33.0. The number of hydrogen-bond donors (Lipinski definition) is 4. The minimum absolute atomic E-state index is 0.0913. The van der Waals surface area contributed by atoms with E-state index in [4.69, 9.17) is 26.3 Å². The number of carbonyl (C=O) groups is 3. The summed E-state index contributed by atoms with van der Waals surface area (Å²) < 4.78 is 7.56. The Morgan fingerprint density at radius 1 is 1.09 bits per heavy atom. The van der Waals surface area contributed by atoms with Gasteiger partial charge in [-0.3, -0.25) is 24.3 Å². The van der Waals surface area contributed by atoms with E-state index in [0.717, 1.165) is 92.5 Å². The SMILES string of the molecule is COc1nc(-c2ccnc(-c3cccc(NC(=O)c4nc5c(n4C)CCN(CCC46CCC(C(=O)O)(CC4)C6)C5)c3C)c2Cl)ccc1CNC[C@@H]1CCC(=O)N1. The van der Waals surface area contributed by atoms with E-state index in [1.54, 1.807) is 13.3 Å². The number of benzene rings is 1. The van der Waals surface area contributed by atoms with E-state index in [0.29, 0.717) is 65.4 Å². The molecule has 1 saturated heterocycles. The molecule has 2 aliphatic carbocycles. The standard InChI is InChI=1S/C42H49ClN8O5/c1-25-28(36-35(43)29(11-18-45-36)31-9-7-26(39(49-31)56-3)21-44-22-27-8-10-34(52)46-27)5-4-6-30(25)48-38(53)37-47-32-23-51(19-12-33(32)50(37)2)20-17-41-13-15-42(24-41,16-14-41)40(54)55/h4-7,9,11,18,27,44H,8,10,12-17,19-24H2,1-3H3,(H,46,52)(H,48,53)(H,54,55)/t27-,41?,42?/m0/s1. The lowest BCUT2D eigenvalue weighted by Crippen LogP contribution is -2.35. The topological polar surface area (TPSA) is 164 Å². The quantitative estimate of drug-likeness (QED) is 0.128. The zero-order valence-electron chi connectivity index (χ0n) is 32.2. The van der Waals surface area contributed by atoms with Crippen molar-refractivity contribution in [2.45, 2.75) is 83.8 Å². The molecular weight excluding hydrogens is 732 g/mol. The van der Waals surface area contributed by atoms with Crippen molar-refractivity contribution in [1.29, 1.82) is 0 Å². The summed E-state index contributed by atoms with van der Waals surface area (Å²) in [6, 6.07) is 11.5. The number of imidazole rings is 1. The summed E-state index contributed by atoms with van der Waals surface area (Å²) >= 11 is 7.08. The van der Waals surface area contributed by atoms with Crippen molar-refractivity contribution in [3.8, 4) is 28.4 Å². The van der Waals surface area contributed by atoms with Gasteiger partial charge in [0.1, 0.15) is 0 Å². The minimum atomic E-state index is -0.620. The van der Waals surface area contributed by atoms with Crippen molar-refractivity contribution in [2.24, 2.45) is 17.9 Å². The molecule has 2 saturated carbocycles. The summed E-state index contributed by atoms with van der Waals surface area (Å²) in [7, 11) is 3.49. The second-order valence-corrected chi connectivity index (χ2v) is 16.6. The fraction of sp³-hybridized carbons (Fsp3) is 0.476. The Bertz CT molecular complexity index is 2200. The molecule has 3 aromatic heterocycles. The number of methoxy groups -OCH3 is 1. The van der Waals surface area contributed by atoms with E-state index in [-0.39, 0.29) is 23.3 Å². The van der Waals surface area contributed by atoms with Gasteiger partial charge in [0.2, 0.25) is 11.8 Å². The van der Waals surface area contributed by atoms with Crippen LogP contribution in [0.5, 0.6) is 5.88 Å². The van der Waals surface area contributed by atoms with Gasteiger partial charge >= 0.3 is 5.97 Å². The largest absolute Gasteiger partial charge is 0.481 e. The molecule has 4 N–H and O–H groups in total. The Morgan fingerprint density at radius 2 is 1.91 bits per heavy atom. The van der Waals surface area contributed by atoms with Gasteiger partial charge in [-0.2, -0.15) is 0 Å². The summed E-state index contributed by atoms with van der Waals surface area (Å²) in [6.07, 6.45) is 9.31. The minimum Gasteiger partial charge on any atom is -0.481 e. The maximum absolute atomic E-state index is 13.8. The van der Waals surface area contributed by atoms with Crippen LogP contribution in [0.1, 0.15) is 84.5 Å². The molecule has 294 valence electrons. The maximum Gasteiger partial charge on any atom is 0.309 e. The first kappa shape index (κ1) is 38.0. The Hall–Kier alpha value is -4.85. The monoisotopic (exact) mass is 780 g/mol. The van der Waals surface area contributed by atoms with Gasteiger partial charge in [0.25, 0.3) is 5.91 Å². The number of halogens is 1. The van der Waals surface area contributed by atoms with Crippen molar-refractivity contribution in [3.05, 3.63) is 76.0 Å². The molecule has 1 atom stereocenters. The molecule has 56 heavy (non-hydrogen) atoms. The lowest BCUT2D eigenvalue weighted by atomic mass is 9.80. The fourth-order valence-electron chi connectivity index (χ4n) is 9.51. The van der Waals surface area contributed by atoms with E-state index >= 15 is 0 Å². The van der Waals surface area contributed by atoms with Crippen LogP contribution in [0.3, 0.4) is 0 Å². The molecule has 13 nitrogen and oxygen atoms in total. The van der Waals surface area contributed by atoms with Crippen LogP contribution >= 0.6 is 11.6 Å². The lowest BCUT2D eigenvalue weighted by molar-refractivity contribution is -0.148. The van der Waals surface area contributed by atoms with Crippen LogP contribution in [0.4, 0.5) is 5.69 Å². The number of hydrogen-bond acceptors (Lipinski definition) is 9. The molecule has 0 unspecified atom stereocenters. The highest BCUT2D eigenvalue weighted by molar-refractivity contribution is 6.35. The summed E-state index contributed by atoms with van der Waals surface area (Å²) in [5.74, 6) is 0.0241. The molecule has 4 aromatic rings. The molecule has 2 amide bonds. The van der Waals surface area contributed by atoms with Crippen LogP contribution < -0.4 is 20.7 Å². The van der Waals surface area contributed by atoms with Gasteiger partial charge in [0, 0.05) is 86.4 Å². The molecule has 14 heteroatoms. The number of pyridine rings is 2. The summed E-state index contributed by atoms with van der Waals surface area (Å²) in [5, 5.41) is 19.7. The number of nitrogens with one attached hydrogen (secondary N) is 3. The fourth-order valence-corrected chi connectivity index (χ4v) is 9.82. The molecule has 5 heterocycles. The van der Waals surface area contributed by atoms with Gasteiger partial charge in [0.15, 0.2) is 5.82 Å². The smallest absolute Gasteiger partial charge is 0.309 e. The van der Waals surface area contributed by atoms with Crippen LogP contribution in [0.2, 0.25) is 5.02 Å². The number of nitrogens with zero attached hydrogens (tertiary/aromatic N) is 5. The highest BCUT2D eigenvalue weighted by atomic mass is 35.5. The molecule has 1 aromatic carbocycles. The van der Waals surface area contributed by atoms with Crippen molar-refractivity contribution >= 4 is 35.1 Å². The van der Waals surface area contributed by atoms with Crippen LogP contribution in [0, 0.1) is 17.8 Å². The van der Waals surface area contributed by atoms with Gasteiger partial charge in [-0.15, -0.1) is 0 Å². The van der Waals surface area contributed by atoms with Crippen molar-refractivity contribution in [1.82, 2.24) is 35.1 Å². The van der Waals surface area contributed by atoms with E-state index < -0.39 is 11.4 Å². The normalized spacial score (nSPS) is 22.9. The number of ether oxygens (including phenoxy) is 1. The molecule has 8 rings (SSSR count). The van der Waals surface area contributed by atoms with E-state index in [1.165, 1.54) is 0 Å². The van der Waals surface area contributed by atoms with Gasteiger partial charge in [-0.25, -0.2) is 9.97 Å². The first-order valence-corrected chi connectivity index (χ1v) is 20.0. The number of amides is 2. The first-order chi connectivity index (χ1) is 27.0. The van der Waals surface area contributed by atoms with Gasteiger partial charge in [-0.05, 0) is 87.6 Å². The third-order valence-electron chi connectivity index (χ3n) is 12.9. The first-order valence-electron chi connectivity index (χ1n) is 19.6. The van der Waals surface area contributed by atoms with E-state index in [2.05, 4.69) is 25.8 Å². The summed E-state index contributed by atoms with van der Waals surface area (Å²) in [4.78, 5) is 54.0. The van der Waals surface area contributed by atoms with Crippen molar-refractivity contribution in [3.63, 3.8) is 0 Å². The Morgan fingerprint density at radius 3 is 2.64 bits per heavy atom. The predicted octanol–water partition coefficient (Wildman–Crippen LogP) is 5.92. The van der Waals surface area contributed by atoms with E-state index in [1.807, 2.05) is 54.9 Å². The average Bonchev–Trinajstić information content (AvgIpc) is 3.98. The highest BCUT2D eigenvalue weighted by Crippen LogP contribution is 2.63. The van der Waals surface area contributed by atoms with Crippen LogP contribution in [0.15, 0.2) is 42.6 Å². The van der Waals surface area contributed by atoms with Gasteiger partial charge in [-0.1, -0.05) is 29.8 Å². The third-order valence-corrected chi connectivity index (χ3v) is 13.2. The number of fused-ring (bicyclic) bond motifs is 3. The molecule has 4 aliphatic rings. The summed E-state index contributed by atoms with van der Waals surface area (Å²) in [6.45, 7) is 5.60. The molecule has 3 fully saturated rings. The van der Waals surface area contributed by atoms with E-state index in [9.17, 15) is 19.5 Å². The number of aromatic nitrogens is 4. The lowest BCUT2D eigenvalue weighted by Gasteiger charge is -2.32. The third kappa shape index (κ3) is 7.16. The number of aliphatic carboxylic acids is 1. The average molecular weight is 781 g/mol. The second-order valence-electron chi connectivity index (χ2n) is 16.2. The van der Waals surface area contributed by atoms with Gasteiger partial charge < -0.3 is 30.4 Å².